The quantitative estimate of drug-likeness (QED) is 0.702. The lowest BCUT2D eigenvalue weighted by Crippen LogP contribution is -2.41. The molecule has 2 aromatic rings. The van der Waals surface area contributed by atoms with E-state index in [9.17, 15) is 0 Å². The van der Waals surface area contributed by atoms with Gasteiger partial charge >= 0.3 is 0 Å². The zero-order valence-corrected chi connectivity index (χ0v) is 14.9. The molecule has 0 aliphatic carbocycles. The molecular weight excluding hydrogens is 378 g/mol. The number of hydrogen-bond donors (Lipinski definition) is 1. The molecule has 1 atom stereocenters. The Morgan fingerprint density at radius 2 is 1.35 bits per heavy atom. The van der Waals surface area contributed by atoms with Crippen LogP contribution in [0.1, 0.15) is 30.9 Å². The van der Waals surface area contributed by atoms with E-state index in [1.165, 1.54) is 11.1 Å². The van der Waals surface area contributed by atoms with Gasteiger partial charge in [0.2, 0.25) is 0 Å². The van der Waals surface area contributed by atoms with Gasteiger partial charge in [-0.05, 0) is 17.5 Å². The Morgan fingerprint density at radius 1 is 0.950 bits per heavy atom. The lowest BCUT2D eigenvalue weighted by molar-refractivity contribution is 0.516. The van der Waals surface area contributed by atoms with E-state index in [2.05, 4.69) is 71.4 Å². The van der Waals surface area contributed by atoms with Gasteiger partial charge in [0.15, 0.2) is 0 Å². The third-order valence-electron chi connectivity index (χ3n) is 3.50. The van der Waals surface area contributed by atoms with E-state index in [0.29, 0.717) is 0 Å². The molecule has 20 heavy (non-hydrogen) atoms. The summed E-state index contributed by atoms with van der Waals surface area (Å²) in [5, 5.41) is 0. The van der Waals surface area contributed by atoms with Crippen LogP contribution in [0.15, 0.2) is 60.7 Å². The van der Waals surface area contributed by atoms with Gasteiger partial charge in [-0.2, -0.15) is 0 Å². The summed E-state index contributed by atoms with van der Waals surface area (Å²) < 4.78 is -0.314. The molecule has 0 unspecified atom stereocenters. The fraction of sp³-hybridized carbons (Fsp3) is 0.294. The highest BCUT2D eigenvalue weighted by Crippen LogP contribution is 2.42. The Kier molecular flexibility index (Phi) is 6.93. The van der Waals surface area contributed by atoms with Gasteiger partial charge in [0, 0.05) is 6.04 Å². The van der Waals surface area contributed by atoms with Gasteiger partial charge in [-0.1, -0.05) is 89.9 Å². The zero-order chi connectivity index (χ0) is 13.7. The van der Waals surface area contributed by atoms with E-state index in [-0.39, 0.29) is 27.3 Å². The maximum Gasteiger partial charge on any atom is 0.0905 e. The normalized spacial score (nSPS) is 12.6. The van der Waals surface area contributed by atoms with Crippen LogP contribution in [0.3, 0.4) is 0 Å². The van der Waals surface area contributed by atoms with Crippen molar-refractivity contribution in [2.45, 2.75) is 30.1 Å². The Labute approximate surface area is 140 Å². The molecule has 108 valence electrons. The molecule has 2 N–H and O–H groups in total. The molecule has 0 aromatic heterocycles. The summed E-state index contributed by atoms with van der Waals surface area (Å²) in [4.78, 5) is 0. The van der Waals surface area contributed by atoms with E-state index in [4.69, 9.17) is 5.73 Å². The van der Waals surface area contributed by atoms with E-state index >= 15 is 0 Å². The first-order valence-electron chi connectivity index (χ1n) is 6.75. The molecule has 0 amide bonds. The number of nitrogens with two attached hydrogens (primary N) is 1. The smallest absolute Gasteiger partial charge is 0.0905 e. The Bertz CT molecular complexity index is 459. The Hall–Kier alpha value is -0.640. The van der Waals surface area contributed by atoms with Crippen LogP contribution in [0.4, 0.5) is 0 Å². The van der Waals surface area contributed by atoms with Crippen LogP contribution in [0.2, 0.25) is 0 Å². The van der Waals surface area contributed by atoms with Crippen molar-refractivity contribution in [2.24, 2.45) is 5.73 Å². The van der Waals surface area contributed by atoms with E-state index in [1.807, 2.05) is 12.1 Å². The van der Waals surface area contributed by atoms with Crippen molar-refractivity contribution in [3.05, 3.63) is 71.8 Å². The molecule has 0 saturated heterocycles. The predicted molar refractivity (Wildman–Crippen MR) is 95.8 cm³/mol. The van der Waals surface area contributed by atoms with Crippen molar-refractivity contribution in [3.63, 3.8) is 0 Å². The van der Waals surface area contributed by atoms with Crippen LogP contribution in [-0.2, 0) is 4.32 Å². The van der Waals surface area contributed by atoms with Gasteiger partial charge in [-0.3, -0.25) is 0 Å². The summed E-state index contributed by atoms with van der Waals surface area (Å²) in [6.45, 7) is 2.17. The first-order valence-corrected chi connectivity index (χ1v) is 7.54. The SMILES string of the molecule is Br.CCC[C@H](N)C(Br)(c1ccccc1)c1ccccc1. The molecule has 0 aliphatic rings. The van der Waals surface area contributed by atoms with Crippen LogP contribution in [-0.4, -0.2) is 6.04 Å². The summed E-state index contributed by atoms with van der Waals surface area (Å²) in [7, 11) is 0. The molecule has 0 bridgehead atoms. The number of hydrogen-bond acceptors (Lipinski definition) is 1. The third kappa shape index (κ3) is 3.51. The van der Waals surface area contributed by atoms with Crippen molar-refractivity contribution in [1.29, 1.82) is 0 Å². The highest BCUT2D eigenvalue weighted by molar-refractivity contribution is 9.09. The summed E-state index contributed by atoms with van der Waals surface area (Å²) in [6, 6.07) is 20.9. The van der Waals surface area contributed by atoms with Crippen molar-refractivity contribution in [1.82, 2.24) is 0 Å². The molecule has 0 spiro atoms. The first kappa shape index (κ1) is 17.4. The predicted octanol–water partition coefficient (Wildman–Crippen LogP) is 5.03. The summed E-state index contributed by atoms with van der Waals surface area (Å²) in [5.74, 6) is 0. The molecule has 0 aliphatic heterocycles. The standard InChI is InChI=1S/C17H20BrN.BrH/c1-2-9-16(19)17(18,14-10-5-3-6-11-14)15-12-7-4-8-13-15;/h3-8,10-13,16H,2,9,19H2,1H3;1H/t16-;/m0./s1. The van der Waals surface area contributed by atoms with Gasteiger partial charge in [-0.15, -0.1) is 17.0 Å². The molecule has 0 radical (unpaired) electrons. The largest absolute Gasteiger partial charge is 0.326 e. The van der Waals surface area contributed by atoms with Crippen molar-refractivity contribution in [3.8, 4) is 0 Å². The van der Waals surface area contributed by atoms with Crippen molar-refractivity contribution in [2.75, 3.05) is 0 Å². The molecule has 0 fully saturated rings. The molecule has 2 aromatic carbocycles. The fourth-order valence-electron chi connectivity index (χ4n) is 2.47. The minimum atomic E-state index is -0.314. The zero-order valence-electron chi connectivity index (χ0n) is 11.6. The van der Waals surface area contributed by atoms with Crippen LogP contribution in [0.25, 0.3) is 0 Å². The van der Waals surface area contributed by atoms with Crippen molar-refractivity contribution >= 4 is 32.9 Å². The van der Waals surface area contributed by atoms with Crippen LogP contribution >= 0.6 is 32.9 Å². The molecule has 1 nitrogen and oxygen atoms in total. The minimum absolute atomic E-state index is 0. The second kappa shape index (κ2) is 7.96. The van der Waals surface area contributed by atoms with E-state index in [1.54, 1.807) is 0 Å². The maximum absolute atomic E-state index is 6.48. The minimum Gasteiger partial charge on any atom is -0.326 e. The molecule has 2 rings (SSSR count). The molecule has 0 saturated carbocycles. The molecular formula is C17H21Br2N. The fourth-order valence-corrected chi connectivity index (χ4v) is 3.22. The molecule has 0 heterocycles. The van der Waals surface area contributed by atoms with Crippen LogP contribution in [0.5, 0.6) is 0 Å². The number of rotatable bonds is 5. The van der Waals surface area contributed by atoms with Gasteiger partial charge in [0.1, 0.15) is 0 Å². The topological polar surface area (TPSA) is 26.0 Å². The van der Waals surface area contributed by atoms with Gasteiger partial charge < -0.3 is 5.73 Å². The Balaban J connectivity index is 0.00000200. The average Bonchev–Trinajstić information content (AvgIpc) is 2.48. The lowest BCUT2D eigenvalue weighted by atomic mass is 9.83. The van der Waals surface area contributed by atoms with Crippen LogP contribution in [0, 0.1) is 0 Å². The van der Waals surface area contributed by atoms with Gasteiger partial charge in [-0.25, -0.2) is 0 Å². The average molecular weight is 399 g/mol. The molecule has 3 heteroatoms. The van der Waals surface area contributed by atoms with E-state index < -0.39 is 0 Å². The number of alkyl halides is 1. The highest BCUT2D eigenvalue weighted by atomic mass is 79.9. The first-order chi connectivity index (χ1) is 9.19. The summed E-state index contributed by atoms with van der Waals surface area (Å²) >= 11 is 3.94. The van der Waals surface area contributed by atoms with Crippen molar-refractivity contribution < 1.29 is 0 Å². The lowest BCUT2D eigenvalue weighted by Gasteiger charge is -2.34. The summed E-state index contributed by atoms with van der Waals surface area (Å²) in [6.07, 6.45) is 2.06. The second-order valence-electron chi connectivity index (χ2n) is 4.84. The number of benzene rings is 2. The maximum atomic E-state index is 6.48. The third-order valence-corrected chi connectivity index (χ3v) is 5.00. The second-order valence-corrected chi connectivity index (χ2v) is 6.09. The van der Waals surface area contributed by atoms with Crippen LogP contribution < -0.4 is 5.73 Å². The monoisotopic (exact) mass is 397 g/mol. The van der Waals surface area contributed by atoms with E-state index in [0.717, 1.165) is 12.8 Å². The van der Waals surface area contributed by atoms with Gasteiger partial charge in [0.05, 0.1) is 4.32 Å². The highest BCUT2D eigenvalue weighted by Gasteiger charge is 2.36. The summed E-state index contributed by atoms with van der Waals surface area (Å²) in [5.41, 5.74) is 8.90. The number of halogens is 2. The van der Waals surface area contributed by atoms with Gasteiger partial charge in [0.25, 0.3) is 0 Å². The Morgan fingerprint density at radius 3 is 1.70 bits per heavy atom.